The Labute approximate surface area is 89.7 Å². The van der Waals surface area contributed by atoms with E-state index < -0.39 is 0 Å². The van der Waals surface area contributed by atoms with Gasteiger partial charge in [-0.1, -0.05) is 41.0 Å². The minimum Gasteiger partial charge on any atom is -0.313 e. The van der Waals surface area contributed by atoms with Crippen LogP contribution in [0.5, 0.6) is 0 Å². The van der Waals surface area contributed by atoms with Crippen molar-refractivity contribution in [3.8, 4) is 0 Å². The maximum absolute atomic E-state index is 3.74. The van der Waals surface area contributed by atoms with Crippen LogP contribution in [0, 0.1) is 17.3 Å². The van der Waals surface area contributed by atoms with E-state index in [0.717, 1.165) is 17.9 Å². The van der Waals surface area contributed by atoms with Gasteiger partial charge in [0.05, 0.1) is 0 Å². The Morgan fingerprint density at radius 1 is 1.29 bits per heavy atom. The fourth-order valence-electron chi connectivity index (χ4n) is 2.08. The van der Waals surface area contributed by atoms with Crippen molar-refractivity contribution in [2.24, 2.45) is 17.3 Å². The SMILES string of the molecule is CC1CCCC1NCC(C)C(C)(C)C. The van der Waals surface area contributed by atoms with Gasteiger partial charge in [-0.15, -0.1) is 0 Å². The van der Waals surface area contributed by atoms with Crippen LogP contribution in [0.25, 0.3) is 0 Å². The first-order valence-electron chi connectivity index (χ1n) is 6.14. The van der Waals surface area contributed by atoms with Crippen LogP contribution in [-0.2, 0) is 0 Å². The molecule has 1 nitrogen and oxygen atoms in total. The fourth-order valence-corrected chi connectivity index (χ4v) is 2.08. The third kappa shape index (κ3) is 3.27. The predicted molar refractivity (Wildman–Crippen MR) is 63.4 cm³/mol. The molecule has 1 aliphatic carbocycles. The highest BCUT2D eigenvalue weighted by Gasteiger charge is 2.25. The standard InChI is InChI=1S/C13H27N/c1-10-7-6-8-12(10)14-9-11(2)13(3,4)5/h10-12,14H,6-9H2,1-5H3. The zero-order valence-electron chi connectivity index (χ0n) is 10.6. The van der Waals surface area contributed by atoms with Crippen molar-refractivity contribution in [3.05, 3.63) is 0 Å². The van der Waals surface area contributed by atoms with E-state index in [-0.39, 0.29) is 0 Å². The fraction of sp³-hybridized carbons (Fsp3) is 1.00. The highest BCUT2D eigenvalue weighted by atomic mass is 14.9. The lowest BCUT2D eigenvalue weighted by Gasteiger charge is -2.29. The lowest BCUT2D eigenvalue weighted by atomic mass is 9.82. The lowest BCUT2D eigenvalue weighted by molar-refractivity contribution is 0.239. The highest BCUT2D eigenvalue weighted by molar-refractivity contribution is 4.82. The van der Waals surface area contributed by atoms with Gasteiger partial charge >= 0.3 is 0 Å². The molecular formula is C13H27N. The van der Waals surface area contributed by atoms with Crippen LogP contribution in [0.4, 0.5) is 0 Å². The monoisotopic (exact) mass is 197 g/mol. The smallest absolute Gasteiger partial charge is 0.00928 e. The van der Waals surface area contributed by atoms with Gasteiger partial charge < -0.3 is 5.32 Å². The molecule has 3 unspecified atom stereocenters. The van der Waals surface area contributed by atoms with Crippen molar-refractivity contribution in [2.75, 3.05) is 6.54 Å². The average Bonchev–Trinajstić information content (AvgIpc) is 2.45. The van der Waals surface area contributed by atoms with Crippen molar-refractivity contribution in [1.29, 1.82) is 0 Å². The van der Waals surface area contributed by atoms with E-state index in [9.17, 15) is 0 Å². The van der Waals surface area contributed by atoms with E-state index >= 15 is 0 Å². The molecule has 1 saturated carbocycles. The number of hydrogen-bond acceptors (Lipinski definition) is 1. The van der Waals surface area contributed by atoms with Crippen molar-refractivity contribution < 1.29 is 0 Å². The molecular weight excluding hydrogens is 170 g/mol. The van der Waals surface area contributed by atoms with Gasteiger partial charge in [0.25, 0.3) is 0 Å². The molecule has 1 N–H and O–H groups in total. The second kappa shape index (κ2) is 4.65. The summed E-state index contributed by atoms with van der Waals surface area (Å²) in [6.45, 7) is 12.9. The van der Waals surface area contributed by atoms with E-state index in [1.165, 1.54) is 25.8 Å². The second-order valence-corrected chi connectivity index (χ2v) is 6.19. The Bertz CT molecular complexity index is 167. The van der Waals surface area contributed by atoms with Crippen LogP contribution in [0.2, 0.25) is 0 Å². The van der Waals surface area contributed by atoms with Gasteiger partial charge in [-0.25, -0.2) is 0 Å². The van der Waals surface area contributed by atoms with Crippen LogP contribution in [0.3, 0.4) is 0 Å². The van der Waals surface area contributed by atoms with Crippen molar-refractivity contribution in [1.82, 2.24) is 5.32 Å². The lowest BCUT2D eigenvalue weighted by Crippen LogP contribution is -2.37. The van der Waals surface area contributed by atoms with E-state index in [1.807, 2.05) is 0 Å². The summed E-state index contributed by atoms with van der Waals surface area (Å²) in [6, 6.07) is 0.791. The Balaban J connectivity index is 2.26. The number of rotatable bonds is 3. The van der Waals surface area contributed by atoms with E-state index in [2.05, 4.69) is 39.9 Å². The predicted octanol–water partition coefficient (Wildman–Crippen LogP) is 3.45. The van der Waals surface area contributed by atoms with Crippen LogP contribution in [-0.4, -0.2) is 12.6 Å². The highest BCUT2D eigenvalue weighted by Crippen LogP contribution is 2.27. The van der Waals surface area contributed by atoms with Crippen molar-refractivity contribution >= 4 is 0 Å². The average molecular weight is 197 g/mol. The Hall–Kier alpha value is -0.0400. The molecule has 84 valence electrons. The first-order valence-corrected chi connectivity index (χ1v) is 6.14. The molecule has 0 amide bonds. The number of nitrogens with one attached hydrogen (secondary N) is 1. The molecule has 14 heavy (non-hydrogen) atoms. The minimum atomic E-state index is 0.439. The summed E-state index contributed by atoms with van der Waals surface area (Å²) in [5.41, 5.74) is 0.439. The summed E-state index contributed by atoms with van der Waals surface area (Å²) in [4.78, 5) is 0. The summed E-state index contributed by atoms with van der Waals surface area (Å²) in [5.74, 6) is 1.65. The Morgan fingerprint density at radius 3 is 2.36 bits per heavy atom. The molecule has 0 aromatic heterocycles. The summed E-state index contributed by atoms with van der Waals surface area (Å²) in [5, 5.41) is 3.74. The van der Waals surface area contributed by atoms with Crippen LogP contribution in [0.1, 0.15) is 53.9 Å². The molecule has 1 fully saturated rings. The minimum absolute atomic E-state index is 0.439. The molecule has 0 spiro atoms. The third-order valence-corrected chi connectivity index (χ3v) is 4.03. The van der Waals surface area contributed by atoms with E-state index in [1.54, 1.807) is 0 Å². The van der Waals surface area contributed by atoms with Gasteiger partial charge in [-0.3, -0.25) is 0 Å². The van der Waals surface area contributed by atoms with Gasteiger partial charge in [0, 0.05) is 6.04 Å². The molecule has 0 aromatic carbocycles. The van der Waals surface area contributed by atoms with Crippen molar-refractivity contribution in [2.45, 2.75) is 59.9 Å². The summed E-state index contributed by atoms with van der Waals surface area (Å²) < 4.78 is 0. The first-order chi connectivity index (χ1) is 6.41. The zero-order valence-corrected chi connectivity index (χ0v) is 10.6. The Morgan fingerprint density at radius 2 is 1.93 bits per heavy atom. The van der Waals surface area contributed by atoms with E-state index in [0.29, 0.717) is 5.41 Å². The first kappa shape index (κ1) is 12.0. The van der Waals surface area contributed by atoms with Gasteiger partial charge in [0.1, 0.15) is 0 Å². The van der Waals surface area contributed by atoms with Gasteiger partial charge in [0.2, 0.25) is 0 Å². The molecule has 1 rings (SSSR count). The topological polar surface area (TPSA) is 12.0 Å². The maximum Gasteiger partial charge on any atom is 0.00928 e. The van der Waals surface area contributed by atoms with Gasteiger partial charge in [-0.2, -0.15) is 0 Å². The molecule has 1 aliphatic rings. The summed E-state index contributed by atoms with van der Waals surface area (Å²) in [7, 11) is 0. The molecule has 3 atom stereocenters. The van der Waals surface area contributed by atoms with Gasteiger partial charge in [0.15, 0.2) is 0 Å². The molecule has 0 heterocycles. The Kier molecular flexibility index (Phi) is 4.00. The molecule has 0 saturated heterocycles. The second-order valence-electron chi connectivity index (χ2n) is 6.19. The summed E-state index contributed by atoms with van der Waals surface area (Å²) >= 11 is 0. The quantitative estimate of drug-likeness (QED) is 0.731. The molecule has 1 heteroatoms. The number of hydrogen-bond donors (Lipinski definition) is 1. The van der Waals surface area contributed by atoms with E-state index in [4.69, 9.17) is 0 Å². The van der Waals surface area contributed by atoms with Gasteiger partial charge in [-0.05, 0) is 36.6 Å². The summed E-state index contributed by atoms with van der Waals surface area (Å²) in [6.07, 6.45) is 4.22. The van der Waals surface area contributed by atoms with Crippen LogP contribution in [0.15, 0.2) is 0 Å². The third-order valence-electron chi connectivity index (χ3n) is 4.03. The zero-order chi connectivity index (χ0) is 10.8. The van der Waals surface area contributed by atoms with Crippen molar-refractivity contribution in [3.63, 3.8) is 0 Å². The molecule has 0 aromatic rings. The maximum atomic E-state index is 3.74. The molecule has 0 radical (unpaired) electrons. The van der Waals surface area contributed by atoms with Crippen LogP contribution < -0.4 is 5.32 Å². The largest absolute Gasteiger partial charge is 0.313 e. The normalized spacial score (nSPS) is 30.6. The molecule has 0 bridgehead atoms. The molecule has 0 aliphatic heterocycles. The van der Waals surface area contributed by atoms with Crippen LogP contribution >= 0.6 is 0 Å².